The highest BCUT2D eigenvalue weighted by atomic mass is 19.1. The molecule has 1 rings (SSSR count). The van der Waals surface area contributed by atoms with Gasteiger partial charge in [-0.25, -0.2) is 4.39 Å². The lowest BCUT2D eigenvalue weighted by Gasteiger charge is -2.04. The largest absolute Gasteiger partial charge is 0.384 e. The maximum Gasteiger partial charge on any atom is 0.222 e. The quantitative estimate of drug-likeness (QED) is 0.788. The Kier molecular flexibility index (Phi) is 4.70. The zero-order valence-electron chi connectivity index (χ0n) is 8.50. The number of methoxy groups -OCH3 is 1. The first-order valence-corrected chi connectivity index (χ1v) is 4.59. The number of halogens is 1. The van der Waals surface area contributed by atoms with E-state index in [-0.39, 0.29) is 24.6 Å². The van der Waals surface area contributed by atoms with Crippen LogP contribution in [-0.2, 0) is 16.1 Å². The van der Waals surface area contributed by atoms with Crippen LogP contribution in [0, 0.1) is 5.82 Å². The van der Waals surface area contributed by atoms with Crippen LogP contribution in [0.25, 0.3) is 0 Å². The summed E-state index contributed by atoms with van der Waals surface area (Å²) in [5.41, 5.74) is 0.239. The van der Waals surface area contributed by atoms with E-state index >= 15 is 0 Å². The number of hydrogen-bond acceptors (Lipinski definition) is 3. The van der Waals surface area contributed by atoms with Gasteiger partial charge in [-0.15, -0.1) is 0 Å². The molecule has 15 heavy (non-hydrogen) atoms. The second kappa shape index (κ2) is 6.08. The summed E-state index contributed by atoms with van der Waals surface area (Å²) < 4.78 is 17.8. The zero-order valence-corrected chi connectivity index (χ0v) is 8.50. The average Bonchev–Trinajstić information content (AvgIpc) is 2.25. The highest BCUT2D eigenvalue weighted by Gasteiger charge is 2.04. The van der Waals surface area contributed by atoms with E-state index in [2.05, 4.69) is 10.3 Å². The summed E-state index contributed by atoms with van der Waals surface area (Å²) in [6.07, 6.45) is 1.75. The molecule has 0 spiro atoms. The number of nitrogens with one attached hydrogen (secondary N) is 1. The lowest BCUT2D eigenvalue weighted by Crippen LogP contribution is -2.24. The molecule has 0 saturated carbocycles. The number of amides is 1. The van der Waals surface area contributed by atoms with Crippen LogP contribution in [0.2, 0.25) is 0 Å². The van der Waals surface area contributed by atoms with Gasteiger partial charge in [0.25, 0.3) is 0 Å². The zero-order chi connectivity index (χ0) is 11.1. The monoisotopic (exact) mass is 212 g/mol. The number of nitrogens with zero attached hydrogens (tertiary/aromatic N) is 1. The number of aromatic nitrogens is 1. The van der Waals surface area contributed by atoms with Gasteiger partial charge >= 0.3 is 0 Å². The summed E-state index contributed by atoms with van der Waals surface area (Å²) in [4.78, 5) is 15.0. The van der Waals surface area contributed by atoms with Crippen molar-refractivity contribution >= 4 is 5.91 Å². The fourth-order valence-electron chi connectivity index (χ4n) is 1.01. The summed E-state index contributed by atoms with van der Waals surface area (Å²) in [6, 6.07) is 2.81. The fourth-order valence-corrected chi connectivity index (χ4v) is 1.01. The van der Waals surface area contributed by atoms with Crippen LogP contribution in [0.5, 0.6) is 0 Å². The van der Waals surface area contributed by atoms with Crippen molar-refractivity contribution in [2.45, 2.75) is 13.0 Å². The molecule has 1 aromatic rings. The van der Waals surface area contributed by atoms with Crippen molar-refractivity contribution in [1.29, 1.82) is 0 Å². The molecule has 0 aliphatic carbocycles. The van der Waals surface area contributed by atoms with Gasteiger partial charge in [-0.2, -0.15) is 0 Å². The predicted octanol–water partition coefficient (Wildman–Crippen LogP) is 0.873. The number of hydrogen-bond donors (Lipinski definition) is 1. The van der Waals surface area contributed by atoms with Gasteiger partial charge in [0, 0.05) is 19.7 Å². The van der Waals surface area contributed by atoms with Crippen molar-refractivity contribution in [3.05, 3.63) is 29.8 Å². The Morgan fingerprint density at radius 1 is 1.67 bits per heavy atom. The van der Waals surface area contributed by atoms with E-state index < -0.39 is 5.82 Å². The third-order valence-electron chi connectivity index (χ3n) is 1.82. The van der Waals surface area contributed by atoms with Gasteiger partial charge in [-0.3, -0.25) is 9.78 Å². The minimum Gasteiger partial charge on any atom is -0.384 e. The van der Waals surface area contributed by atoms with E-state index in [0.717, 1.165) is 0 Å². The number of carbonyl (C=O) groups excluding carboxylic acids is 1. The molecule has 0 fully saturated rings. The summed E-state index contributed by atoms with van der Waals surface area (Å²) in [5, 5.41) is 2.55. The highest BCUT2D eigenvalue weighted by Crippen LogP contribution is 2.01. The topological polar surface area (TPSA) is 51.2 Å². The van der Waals surface area contributed by atoms with Crippen LogP contribution < -0.4 is 5.32 Å². The normalized spacial score (nSPS) is 10.0. The van der Waals surface area contributed by atoms with Crippen molar-refractivity contribution in [3.63, 3.8) is 0 Å². The molecule has 1 aromatic heterocycles. The van der Waals surface area contributed by atoms with Crippen LogP contribution in [-0.4, -0.2) is 24.6 Å². The molecule has 82 valence electrons. The van der Waals surface area contributed by atoms with Crippen molar-refractivity contribution in [2.75, 3.05) is 13.7 Å². The molecule has 1 N–H and O–H groups in total. The summed E-state index contributed by atoms with van der Waals surface area (Å²) >= 11 is 0. The van der Waals surface area contributed by atoms with E-state index in [9.17, 15) is 9.18 Å². The number of pyridine rings is 1. The van der Waals surface area contributed by atoms with Crippen LogP contribution in [0.15, 0.2) is 18.3 Å². The molecule has 4 nitrogen and oxygen atoms in total. The van der Waals surface area contributed by atoms with Crippen molar-refractivity contribution in [3.8, 4) is 0 Å². The first-order valence-electron chi connectivity index (χ1n) is 4.59. The molecule has 0 saturated heterocycles. The molecule has 0 aromatic carbocycles. The molecular formula is C10H13FN2O2. The molecule has 0 aliphatic heterocycles. The third-order valence-corrected chi connectivity index (χ3v) is 1.82. The van der Waals surface area contributed by atoms with E-state index in [0.29, 0.717) is 6.61 Å². The fraction of sp³-hybridized carbons (Fsp3) is 0.400. The lowest BCUT2D eigenvalue weighted by molar-refractivity contribution is -0.122. The molecule has 0 bridgehead atoms. The molecule has 0 atom stereocenters. The van der Waals surface area contributed by atoms with Gasteiger partial charge in [0.05, 0.1) is 18.8 Å². The SMILES string of the molecule is COCCC(=O)NCc1ncccc1F. The summed E-state index contributed by atoms with van der Waals surface area (Å²) in [5.74, 6) is -0.591. The number of rotatable bonds is 5. The summed E-state index contributed by atoms with van der Waals surface area (Å²) in [7, 11) is 1.52. The van der Waals surface area contributed by atoms with Gasteiger partial charge in [-0.05, 0) is 12.1 Å². The second-order valence-electron chi connectivity index (χ2n) is 2.95. The number of ether oxygens (including phenoxy) is 1. The van der Waals surface area contributed by atoms with Crippen molar-refractivity contribution < 1.29 is 13.9 Å². The van der Waals surface area contributed by atoms with E-state index in [1.54, 1.807) is 0 Å². The van der Waals surface area contributed by atoms with Crippen LogP contribution in [0.4, 0.5) is 4.39 Å². The molecule has 0 radical (unpaired) electrons. The Labute approximate surface area is 87.5 Å². The van der Waals surface area contributed by atoms with E-state index in [1.807, 2.05) is 0 Å². The van der Waals surface area contributed by atoms with Gasteiger partial charge in [0.2, 0.25) is 5.91 Å². The average molecular weight is 212 g/mol. The molecule has 1 heterocycles. The maximum atomic E-state index is 13.1. The smallest absolute Gasteiger partial charge is 0.222 e. The maximum absolute atomic E-state index is 13.1. The van der Waals surface area contributed by atoms with E-state index in [1.165, 1.54) is 25.4 Å². The van der Waals surface area contributed by atoms with Gasteiger partial charge < -0.3 is 10.1 Å². The summed E-state index contributed by atoms with van der Waals surface area (Å²) in [6.45, 7) is 0.464. The van der Waals surface area contributed by atoms with E-state index in [4.69, 9.17) is 4.74 Å². The Bertz CT molecular complexity index is 331. The van der Waals surface area contributed by atoms with Gasteiger partial charge in [0.1, 0.15) is 5.82 Å². The lowest BCUT2D eigenvalue weighted by atomic mass is 10.3. The molecular weight excluding hydrogens is 199 g/mol. The predicted molar refractivity (Wildman–Crippen MR) is 52.5 cm³/mol. The second-order valence-corrected chi connectivity index (χ2v) is 2.95. The standard InChI is InChI=1S/C10H13FN2O2/c1-15-6-4-10(14)13-7-9-8(11)3-2-5-12-9/h2-3,5H,4,6-7H2,1H3,(H,13,14). The Hall–Kier alpha value is -1.49. The van der Waals surface area contributed by atoms with Crippen LogP contribution in [0.3, 0.4) is 0 Å². The van der Waals surface area contributed by atoms with Crippen molar-refractivity contribution in [2.24, 2.45) is 0 Å². The third kappa shape index (κ3) is 4.03. The molecule has 0 unspecified atom stereocenters. The minimum atomic E-state index is -0.412. The van der Waals surface area contributed by atoms with Crippen LogP contribution in [0.1, 0.15) is 12.1 Å². The molecule has 5 heteroatoms. The Morgan fingerprint density at radius 2 is 2.47 bits per heavy atom. The van der Waals surface area contributed by atoms with Crippen molar-refractivity contribution in [1.82, 2.24) is 10.3 Å². The molecule has 1 amide bonds. The minimum absolute atomic E-state index is 0.106. The van der Waals surface area contributed by atoms with Crippen LogP contribution >= 0.6 is 0 Å². The number of carbonyl (C=O) groups is 1. The molecule has 0 aliphatic rings. The highest BCUT2D eigenvalue weighted by molar-refractivity contribution is 5.75. The Morgan fingerprint density at radius 3 is 3.13 bits per heavy atom. The first-order chi connectivity index (χ1) is 7.24. The Balaban J connectivity index is 2.37. The van der Waals surface area contributed by atoms with Gasteiger partial charge in [-0.1, -0.05) is 0 Å². The first kappa shape index (κ1) is 11.6. The van der Waals surface area contributed by atoms with Gasteiger partial charge in [0.15, 0.2) is 0 Å².